The quantitative estimate of drug-likeness (QED) is 0.200. The van der Waals surface area contributed by atoms with E-state index in [1.807, 2.05) is 11.0 Å². The van der Waals surface area contributed by atoms with Gasteiger partial charge < -0.3 is 26.0 Å². The minimum absolute atomic E-state index is 0.00854. The Balaban J connectivity index is 1.29. The molecule has 4 N–H and O–H groups in total. The second-order valence-electron chi connectivity index (χ2n) is 10.1. The van der Waals surface area contributed by atoms with E-state index in [0.717, 1.165) is 29.0 Å². The lowest BCUT2D eigenvalue weighted by Crippen LogP contribution is -2.47. The van der Waals surface area contributed by atoms with Gasteiger partial charge in [-0.3, -0.25) is 14.5 Å². The van der Waals surface area contributed by atoms with Gasteiger partial charge in [-0.2, -0.15) is 13.2 Å². The van der Waals surface area contributed by atoms with Crippen LogP contribution in [0, 0.1) is 6.92 Å². The summed E-state index contributed by atoms with van der Waals surface area (Å²) in [6.45, 7) is 4.38. The van der Waals surface area contributed by atoms with Crippen LogP contribution in [0.25, 0.3) is 0 Å². The molecule has 4 aromatic rings. The minimum atomic E-state index is -4.64. The van der Waals surface area contributed by atoms with E-state index < -0.39 is 23.6 Å². The van der Waals surface area contributed by atoms with Crippen molar-refractivity contribution in [2.45, 2.75) is 13.1 Å². The lowest BCUT2D eigenvalue weighted by molar-refractivity contribution is -0.137. The van der Waals surface area contributed by atoms with Gasteiger partial charge >= 0.3 is 6.18 Å². The van der Waals surface area contributed by atoms with Crippen molar-refractivity contribution in [1.29, 1.82) is 0 Å². The van der Waals surface area contributed by atoms with Crippen molar-refractivity contribution >= 4 is 51.2 Å². The Hall–Kier alpha value is -4.53. The molecule has 0 aliphatic carbocycles. The molecule has 3 heterocycles. The number of hydrogen-bond acceptors (Lipinski definition) is 9. The Morgan fingerprint density at radius 1 is 0.977 bits per heavy atom. The molecular formula is C30H30F3N7O3S. The number of anilines is 5. The van der Waals surface area contributed by atoms with E-state index in [9.17, 15) is 22.8 Å². The molecule has 0 saturated carbocycles. The van der Waals surface area contributed by atoms with Crippen LogP contribution in [0.5, 0.6) is 0 Å². The number of aliphatic hydroxyl groups is 1. The van der Waals surface area contributed by atoms with Crippen molar-refractivity contribution in [3.05, 3.63) is 88.6 Å². The number of aromatic nitrogens is 2. The molecule has 1 fully saturated rings. The van der Waals surface area contributed by atoms with Crippen molar-refractivity contribution in [2.24, 2.45) is 0 Å². The van der Waals surface area contributed by atoms with Crippen LogP contribution in [-0.4, -0.2) is 71.1 Å². The zero-order chi connectivity index (χ0) is 31.3. The summed E-state index contributed by atoms with van der Waals surface area (Å²) in [5.41, 5.74) is 0.675. The number of aryl methyl sites for hydroxylation is 1. The highest BCUT2D eigenvalue weighted by molar-refractivity contribution is 7.17. The van der Waals surface area contributed by atoms with Gasteiger partial charge in [-0.15, -0.1) is 0 Å². The van der Waals surface area contributed by atoms with Crippen LogP contribution in [0.15, 0.2) is 67.0 Å². The monoisotopic (exact) mass is 625 g/mol. The summed E-state index contributed by atoms with van der Waals surface area (Å²) in [5.74, 6) is -0.545. The summed E-state index contributed by atoms with van der Waals surface area (Å²) >= 11 is 1.14. The van der Waals surface area contributed by atoms with Gasteiger partial charge in [0.25, 0.3) is 11.8 Å². The van der Waals surface area contributed by atoms with E-state index in [0.29, 0.717) is 65.6 Å². The number of amides is 2. The second-order valence-corrected chi connectivity index (χ2v) is 11.2. The average molecular weight is 626 g/mol. The third-order valence-corrected chi connectivity index (χ3v) is 7.95. The summed E-state index contributed by atoms with van der Waals surface area (Å²) in [6, 6.07) is 13.6. The van der Waals surface area contributed by atoms with Gasteiger partial charge in [0.1, 0.15) is 10.7 Å². The summed E-state index contributed by atoms with van der Waals surface area (Å²) in [7, 11) is 0. The van der Waals surface area contributed by atoms with Crippen LogP contribution >= 0.6 is 11.3 Å². The Labute approximate surface area is 255 Å². The topological polar surface area (TPSA) is 123 Å². The highest BCUT2D eigenvalue weighted by Crippen LogP contribution is 2.34. The van der Waals surface area contributed by atoms with E-state index in [1.165, 1.54) is 12.3 Å². The number of pyridine rings is 1. The molecule has 230 valence electrons. The van der Waals surface area contributed by atoms with Crippen LogP contribution in [0.2, 0.25) is 0 Å². The molecule has 2 aromatic heterocycles. The highest BCUT2D eigenvalue weighted by Gasteiger charge is 2.33. The van der Waals surface area contributed by atoms with Gasteiger partial charge in [0.15, 0.2) is 5.13 Å². The maximum Gasteiger partial charge on any atom is 0.416 e. The van der Waals surface area contributed by atoms with Crippen molar-refractivity contribution in [1.82, 2.24) is 14.9 Å². The highest BCUT2D eigenvalue weighted by atomic mass is 32.1. The fourth-order valence-corrected chi connectivity index (χ4v) is 5.38. The van der Waals surface area contributed by atoms with Crippen molar-refractivity contribution in [2.75, 3.05) is 60.2 Å². The first-order chi connectivity index (χ1) is 21.1. The number of thiazole rings is 1. The summed E-state index contributed by atoms with van der Waals surface area (Å²) < 4.78 is 41.4. The Morgan fingerprint density at radius 2 is 1.77 bits per heavy atom. The third-order valence-electron chi connectivity index (χ3n) is 7.03. The SMILES string of the molecule is Cc1ccc(NC(=O)c2cc(N3CCN(CCO)CC3)cc(C(F)(F)F)c2)cc1NC(=O)c1cnc(Nc2ccccn2)s1. The zero-order valence-electron chi connectivity index (χ0n) is 23.7. The number of aliphatic hydroxyl groups excluding tert-OH is 1. The smallest absolute Gasteiger partial charge is 0.395 e. The van der Waals surface area contributed by atoms with Gasteiger partial charge in [0.2, 0.25) is 0 Å². The normalized spacial score (nSPS) is 13.9. The number of rotatable bonds is 9. The number of piperazine rings is 1. The fourth-order valence-electron chi connectivity index (χ4n) is 4.66. The minimum Gasteiger partial charge on any atom is -0.395 e. The zero-order valence-corrected chi connectivity index (χ0v) is 24.5. The van der Waals surface area contributed by atoms with Crippen LogP contribution in [0.3, 0.4) is 0 Å². The van der Waals surface area contributed by atoms with Gasteiger partial charge in [-0.25, -0.2) is 9.97 Å². The van der Waals surface area contributed by atoms with Gasteiger partial charge in [-0.1, -0.05) is 23.5 Å². The molecule has 5 rings (SSSR count). The Morgan fingerprint density at radius 3 is 2.48 bits per heavy atom. The second kappa shape index (κ2) is 13.4. The first-order valence-corrected chi connectivity index (χ1v) is 14.6. The standard InChI is InChI=1S/C30H30F3N7O3S/c1-19-5-6-22(17-24(19)37-28(43)25-18-35-29(44-25)38-26-4-2-3-7-34-26)36-27(42)20-14-21(30(31,32)33)16-23(15-20)40-10-8-39(9-11-40)12-13-41/h2-7,14-18,41H,8-13H2,1H3,(H,36,42)(H,37,43)(H,34,35,38). The molecule has 1 saturated heterocycles. The van der Waals surface area contributed by atoms with Gasteiger partial charge in [0.05, 0.1) is 18.4 Å². The predicted octanol–water partition coefficient (Wildman–Crippen LogP) is 5.23. The largest absolute Gasteiger partial charge is 0.416 e. The lowest BCUT2D eigenvalue weighted by atomic mass is 10.1. The molecule has 44 heavy (non-hydrogen) atoms. The molecule has 1 aliphatic rings. The average Bonchev–Trinajstić information content (AvgIpc) is 3.48. The number of nitrogens with zero attached hydrogens (tertiary/aromatic N) is 4. The maximum atomic E-state index is 13.8. The molecule has 14 heteroatoms. The molecular weight excluding hydrogens is 595 g/mol. The predicted molar refractivity (Wildman–Crippen MR) is 164 cm³/mol. The van der Waals surface area contributed by atoms with E-state index in [1.54, 1.807) is 48.4 Å². The molecule has 0 spiro atoms. The Kier molecular flexibility index (Phi) is 9.42. The molecule has 0 unspecified atom stereocenters. The molecule has 10 nitrogen and oxygen atoms in total. The van der Waals surface area contributed by atoms with Crippen LogP contribution in [0.1, 0.15) is 31.2 Å². The third kappa shape index (κ3) is 7.70. The summed E-state index contributed by atoms with van der Waals surface area (Å²) in [6.07, 6.45) is -1.58. The van der Waals surface area contributed by atoms with E-state index >= 15 is 0 Å². The van der Waals surface area contributed by atoms with E-state index in [-0.39, 0.29) is 12.2 Å². The number of carbonyl (C=O) groups is 2. The van der Waals surface area contributed by atoms with Crippen molar-refractivity contribution in [3.8, 4) is 0 Å². The number of nitrogens with one attached hydrogen (secondary N) is 3. The maximum absolute atomic E-state index is 13.8. The van der Waals surface area contributed by atoms with E-state index in [4.69, 9.17) is 5.11 Å². The number of carbonyl (C=O) groups excluding carboxylic acids is 2. The lowest BCUT2D eigenvalue weighted by Gasteiger charge is -2.36. The van der Waals surface area contributed by atoms with Crippen LogP contribution in [0.4, 0.5) is 41.2 Å². The summed E-state index contributed by atoms with van der Waals surface area (Å²) in [4.78, 5) is 38.7. The number of halogens is 3. The molecule has 0 atom stereocenters. The molecule has 0 bridgehead atoms. The number of benzene rings is 2. The van der Waals surface area contributed by atoms with Crippen LogP contribution < -0.4 is 20.9 Å². The van der Waals surface area contributed by atoms with Crippen molar-refractivity contribution < 1.29 is 27.9 Å². The Bertz CT molecular complexity index is 1620. The molecule has 0 radical (unpaired) electrons. The van der Waals surface area contributed by atoms with Gasteiger partial charge in [-0.05, 0) is 55.0 Å². The molecule has 2 aromatic carbocycles. The number of alkyl halides is 3. The van der Waals surface area contributed by atoms with Gasteiger partial charge in [0, 0.05) is 61.5 Å². The molecule has 1 aliphatic heterocycles. The number of β-amino-alcohol motifs (C(OH)–C–C–N with tert-alkyl or cyclic N) is 1. The fraction of sp³-hybridized carbons (Fsp3) is 0.267. The first-order valence-electron chi connectivity index (χ1n) is 13.8. The van der Waals surface area contributed by atoms with Crippen LogP contribution in [-0.2, 0) is 6.18 Å². The van der Waals surface area contributed by atoms with E-state index in [2.05, 4.69) is 25.9 Å². The first kappa shape index (κ1) is 30.9. The van der Waals surface area contributed by atoms with Crippen molar-refractivity contribution in [3.63, 3.8) is 0 Å². The number of hydrogen-bond donors (Lipinski definition) is 4. The summed E-state index contributed by atoms with van der Waals surface area (Å²) in [5, 5.41) is 18.2. The molecule has 2 amide bonds.